The predicted molar refractivity (Wildman–Crippen MR) is 80.2 cm³/mol. The van der Waals surface area contributed by atoms with Crippen molar-refractivity contribution >= 4 is 17.3 Å². The number of hydrogen-bond acceptors (Lipinski definition) is 5. The van der Waals surface area contributed by atoms with Gasteiger partial charge in [-0.3, -0.25) is 4.98 Å². The van der Waals surface area contributed by atoms with Crippen LogP contribution in [0.4, 0.5) is 5.69 Å². The lowest BCUT2D eigenvalue weighted by Gasteiger charge is -2.00. The summed E-state index contributed by atoms with van der Waals surface area (Å²) in [6.45, 7) is 0.975. The summed E-state index contributed by atoms with van der Waals surface area (Å²) in [5, 5.41) is 7.89. The molecular formula is C15H11ClN4O. The molecule has 1 aliphatic heterocycles. The second-order valence-electron chi connectivity index (χ2n) is 4.83. The van der Waals surface area contributed by atoms with Gasteiger partial charge < -0.3 is 9.84 Å². The van der Waals surface area contributed by atoms with Gasteiger partial charge in [-0.1, -0.05) is 22.8 Å². The quantitative estimate of drug-likeness (QED) is 0.785. The third kappa shape index (κ3) is 2.25. The van der Waals surface area contributed by atoms with Crippen molar-refractivity contribution in [2.45, 2.75) is 6.42 Å². The zero-order valence-corrected chi connectivity index (χ0v) is 11.8. The van der Waals surface area contributed by atoms with E-state index >= 15 is 0 Å². The van der Waals surface area contributed by atoms with Gasteiger partial charge in [0, 0.05) is 24.0 Å². The Morgan fingerprint density at radius 2 is 2.14 bits per heavy atom. The maximum absolute atomic E-state index is 5.82. The van der Waals surface area contributed by atoms with E-state index in [2.05, 4.69) is 26.5 Å². The summed E-state index contributed by atoms with van der Waals surface area (Å²) in [5.41, 5.74) is 3.99. The molecule has 0 amide bonds. The zero-order chi connectivity index (χ0) is 14.2. The third-order valence-electron chi connectivity index (χ3n) is 3.45. The minimum Gasteiger partial charge on any atom is -0.384 e. The maximum atomic E-state index is 5.82. The molecule has 0 spiro atoms. The number of rotatable bonds is 2. The van der Waals surface area contributed by atoms with Crippen molar-refractivity contribution < 1.29 is 4.52 Å². The Labute approximate surface area is 126 Å². The number of hydrogen-bond donors (Lipinski definition) is 1. The van der Waals surface area contributed by atoms with Gasteiger partial charge in [0.25, 0.3) is 5.89 Å². The summed E-state index contributed by atoms with van der Waals surface area (Å²) in [7, 11) is 0. The van der Waals surface area contributed by atoms with Crippen molar-refractivity contribution in [1.82, 2.24) is 15.1 Å². The molecule has 1 aromatic carbocycles. The molecule has 104 valence electrons. The monoisotopic (exact) mass is 298 g/mol. The summed E-state index contributed by atoms with van der Waals surface area (Å²) in [4.78, 5) is 8.58. The van der Waals surface area contributed by atoms with Crippen LogP contribution in [-0.4, -0.2) is 21.7 Å². The summed E-state index contributed by atoms with van der Waals surface area (Å²) < 4.78 is 5.33. The molecule has 0 saturated heterocycles. The van der Waals surface area contributed by atoms with E-state index < -0.39 is 0 Å². The van der Waals surface area contributed by atoms with Gasteiger partial charge in [0.05, 0.1) is 5.02 Å². The first-order valence-corrected chi connectivity index (χ1v) is 7.00. The molecule has 0 unspecified atom stereocenters. The van der Waals surface area contributed by atoms with Gasteiger partial charge in [-0.05, 0) is 36.2 Å². The van der Waals surface area contributed by atoms with Crippen molar-refractivity contribution in [3.8, 4) is 23.0 Å². The highest BCUT2D eigenvalue weighted by molar-refractivity contribution is 6.30. The molecule has 6 heteroatoms. The number of anilines is 1. The van der Waals surface area contributed by atoms with Gasteiger partial charge in [0.2, 0.25) is 5.82 Å². The second-order valence-corrected chi connectivity index (χ2v) is 5.27. The zero-order valence-electron chi connectivity index (χ0n) is 11.0. The topological polar surface area (TPSA) is 63.8 Å². The van der Waals surface area contributed by atoms with E-state index in [1.807, 2.05) is 12.1 Å². The molecule has 0 saturated carbocycles. The lowest BCUT2D eigenvalue weighted by atomic mass is 10.1. The van der Waals surface area contributed by atoms with Crippen molar-refractivity contribution in [3.63, 3.8) is 0 Å². The number of halogens is 1. The Bertz CT molecular complexity index is 798. The van der Waals surface area contributed by atoms with Gasteiger partial charge in [0.1, 0.15) is 5.69 Å². The number of aromatic nitrogens is 3. The molecule has 0 fully saturated rings. The van der Waals surface area contributed by atoms with Crippen LogP contribution in [0.1, 0.15) is 5.56 Å². The van der Waals surface area contributed by atoms with Gasteiger partial charge >= 0.3 is 0 Å². The van der Waals surface area contributed by atoms with Crippen LogP contribution < -0.4 is 5.32 Å². The Morgan fingerprint density at radius 3 is 3.00 bits per heavy atom. The van der Waals surface area contributed by atoms with E-state index in [1.165, 1.54) is 5.56 Å². The van der Waals surface area contributed by atoms with Gasteiger partial charge in [-0.25, -0.2) is 0 Å². The highest BCUT2D eigenvalue weighted by Gasteiger charge is 2.15. The van der Waals surface area contributed by atoms with Gasteiger partial charge in [-0.2, -0.15) is 4.98 Å². The van der Waals surface area contributed by atoms with Crippen LogP contribution in [0.25, 0.3) is 23.0 Å². The van der Waals surface area contributed by atoms with E-state index in [4.69, 9.17) is 16.1 Å². The Kier molecular flexibility index (Phi) is 2.86. The number of nitrogens with zero attached hydrogens (tertiary/aromatic N) is 3. The van der Waals surface area contributed by atoms with E-state index in [9.17, 15) is 0 Å². The number of nitrogens with one attached hydrogen (secondary N) is 1. The second kappa shape index (κ2) is 4.86. The first-order valence-electron chi connectivity index (χ1n) is 6.62. The molecule has 0 bridgehead atoms. The van der Waals surface area contributed by atoms with Crippen LogP contribution in [0.15, 0.2) is 41.1 Å². The van der Waals surface area contributed by atoms with Crippen LogP contribution in [-0.2, 0) is 6.42 Å². The molecular weight excluding hydrogens is 288 g/mol. The number of pyridine rings is 1. The minimum atomic E-state index is 0.454. The lowest BCUT2D eigenvalue weighted by molar-refractivity contribution is 0.432. The maximum Gasteiger partial charge on any atom is 0.258 e. The summed E-state index contributed by atoms with van der Waals surface area (Å²) in [5.74, 6) is 0.938. The molecule has 0 radical (unpaired) electrons. The molecule has 4 rings (SSSR count). The van der Waals surface area contributed by atoms with Crippen LogP contribution in [0, 0.1) is 0 Å². The molecule has 2 aromatic heterocycles. The van der Waals surface area contributed by atoms with E-state index in [1.54, 1.807) is 18.3 Å². The molecule has 0 atom stereocenters. The fourth-order valence-corrected chi connectivity index (χ4v) is 2.49. The van der Waals surface area contributed by atoms with Crippen molar-refractivity contribution in [2.24, 2.45) is 0 Å². The first kappa shape index (κ1) is 12.3. The Balaban J connectivity index is 1.69. The third-order valence-corrected chi connectivity index (χ3v) is 3.67. The lowest BCUT2D eigenvalue weighted by Crippen LogP contribution is -1.91. The van der Waals surface area contributed by atoms with Crippen LogP contribution >= 0.6 is 11.6 Å². The number of fused-ring (bicyclic) bond motifs is 1. The standard InChI is InChI=1S/C15H11ClN4O/c16-11-3-4-12(18-8-11)14-19-15(21-20-14)10-2-1-9-5-6-17-13(9)7-10/h1-4,7-8,17H,5-6H2. The van der Waals surface area contributed by atoms with E-state index in [-0.39, 0.29) is 0 Å². The molecule has 3 heterocycles. The molecule has 1 N–H and O–H groups in total. The Hall–Kier alpha value is -2.40. The number of benzene rings is 1. The highest BCUT2D eigenvalue weighted by atomic mass is 35.5. The van der Waals surface area contributed by atoms with Crippen molar-refractivity contribution in [3.05, 3.63) is 47.1 Å². The van der Waals surface area contributed by atoms with Crippen molar-refractivity contribution in [2.75, 3.05) is 11.9 Å². The average molecular weight is 299 g/mol. The SMILES string of the molecule is Clc1ccc(-c2noc(-c3ccc4c(c3)NCC4)n2)nc1. The molecule has 3 aromatic rings. The fourth-order valence-electron chi connectivity index (χ4n) is 2.38. The van der Waals surface area contributed by atoms with Crippen molar-refractivity contribution in [1.29, 1.82) is 0 Å². The van der Waals surface area contributed by atoms with Gasteiger partial charge in [-0.15, -0.1) is 0 Å². The normalized spacial score (nSPS) is 13.0. The predicted octanol–water partition coefficient (Wildman–Crippen LogP) is 3.42. The summed E-state index contributed by atoms with van der Waals surface area (Å²) in [6, 6.07) is 9.64. The highest BCUT2D eigenvalue weighted by Crippen LogP contribution is 2.29. The van der Waals surface area contributed by atoms with E-state index in [0.29, 0.717) is 22.4 Å². The molecule has 5 nitrogen and oxygen atoms in total. The minimum absolute atomic E-state index is 0.454. The molecule has 0 aliphatic carbocycles. The molecule has 21 heavy (non-hydrogen) atoms. The summed E-state index contributed by atoms with van der Waals surface area (Å²) in [6.07, 6.45) is 2.62. The molecule has 1 aliphatic rings. The van der Waals surface area contributed by atoms with Gasteiger partial charge in [0.15, 0.2) is 0 Å². The average Bonchev–Trinajstić information content (AvgIpc) is 3.16. The van der Waals surface area contributed by atoms with Crippen LogP contribution in [0.2, 0.25) is 5.02 Å². The smallest absolute Gasteiger partial charge is 0.258 e. The first-order chi connectivity index (χ1) is 10.3. The fraction of sp³-hybridized carbons (Fsp3) is 0.133. The van der Waals surface area contributed by atoms with Crippen LogP contribution in [0.3, 0.4) is 0 Å². The van der Waals surface area contributed by atoms with E-state index in [0.717, 1.165) is 24.2 Å². The Morgan fingerprint density at radius 1 is 1.19 bits per heavy atom. The largest absolute Gasteiger partial charge is 0.384 e. The summed E-state index contributed by atoms with van der Waals surface area (Å²) >= 11 is 5.82. The van der Waals surface area contributed by atoms with Crippen LogP contribution in [0.5, 0.6) is 0 Å².